The van der Waals surface area contributed by atoms with Gasteiger partial charge in [-0.2, -0.15) is 0 Å². The van der Waals surface area contributed by atoms with Crippen LogP contribution in [0.25, 0.3) is 10.8 Å². The summed E-state index contributed by atoms with van der Waals surface area (Å²) in [6.45, 7) is 5.56. The van der Waals surface area contributed by atoms with Crippen LogP contribution in [0.5, 0.6) is 0 Å². The van der Waals surface area contributed by atoms with Gasteiger partial charge in [0.1, 0.15) is 6.10 Å². The van der Waals surface area contributed by atoms with Crippen molar-refractivity contribution in [2.45, 2.75) is 32.5 Å². The molecule has 0 aliphatic heterocycles. The molecule has 2 aromatic carbocycles. The minimum absolute atomic E-state index is 0.407. The van der Waals surface area contributed by atoms with E-state index in [1.807, 2.05) is 30.3 Å². The second-order valence-corrected chi connectivity index (χ2v) is 5.56. The van der Waals surface area contributed by atoms with E-state index in [0.29, 0.717) is 18.7 Å². The third-order valence-electron chi connectivity index (χ3n) is 4.07. The molecular weight excluding hydrogens is 281 g/mol. The van der Waals surface area contributed by atoms with Gasteiger partial charge in [-0.05, 0) is 43.2 Å². The van der Waals surface area contributed by atoms with Gasteiger partial charge in [-0.25, -0.2) is 4.39 Å². The number of amides is 1. The predicted octanol–water partition coefficient (Wildman–Crippen LogP) is 3.47. The lowest BCUT2D eigenvalue weighted by molar-refractivity contribution is -0.150. The Morgan fingerprint density at radius 2 is 1.77 bits per heavy atom. The maximum Gasteiger partial charge on any atom is 0.263 e. The first-order valence-electron chi connectivity index (χ1n) is 7.56. The summed E-state index contributed by atoms with van der Waals surface area (Å²) < 4.78 is 14.9. The molecular formula is C18H22FNO2. The fourth-order valence-electron chi connectivity index (χ4n) is 2.63. The number of benzene rings is 2. The number of aliphatic hydroxyl groups is 1. The van der Waals surface area contributed by atoms with Gasteiger partial charge in [-0.3, -0.25) is 4.79 Å². The van der Waals surface area contributed by atoms with Crippen LogP contribution in [0.15, 0.2) is 42.5 Å². The monoisotopic (exact) mass is 303 g/mol. The van der Waals surface area contributed by atoms with Crippen molar-refractivity contribution in [3.8, 4) is 0 Å². The summed E-state index contributed by atoms with van der Waals surface area (Å²) in [7, 11) is 0. The van der Waals surface area contributed by atoms with E-state index in [0.717, 1.165) is 17.7 Å². The number of aliphatic hydroxyl groups excluding tert-OH is 1. The van der Waals surface area contributed by atoms with Gasteiger partial charge in [0.2, 0.25) is 5.67 Å². The van der Waals surface area contributed by atoms with Crippen molar-refractivity contribution in [2.75, 3.05) is 13.1 Å². The van der Waals surface area contributed by atoms with Gasteiger partial charge in [0.25, 0.3) is 5.91 Å². The Morgan fingerprint density at radius 1 is 1.18 bits per heavy atom. The molecule has 0 heterocycles. The molecule has 0 saturated carbocycles. The van der Waals surface area contributed by atoms with E-state index in [1.165, 1.54) is 4.90 Å². The fraction of sp³-hybridized carbons (Fsp3) is 0.389. The van der Waals surface area contributed by atoms with E-state index in [9.17, 15) is 14.3 Å². The van der Waals surface area contributed by atoms with Gasteiger partial charge in [0, 0.05) is 13.1 Å². The standard InChI is InChI=1S/C18H22FNO2/c1-4-20(5-2)17(22)18(3,19)16(21)15-11-10-13-8-6-7-9-14(13)12-15/h6-12,16,21H,4-5H2,1-3H3/t16-,18-/m0/s1. The number of carbonyl (C=O) groups excluding carboxylic acids is 1. The summed E-state index contributed by atoms with van der Waals surface area (Å²) in [6.07, 6.45) is -1.50. The number of nitrogens with zero attached hydrogens (tertiary/aromatic N) is 1. The molecule has 0 fully saturated rings. The topological polar surface area (TPSA) is 40.5 Å². The average Bonchev–Trinajstić information content (AvgIpc) is 2.54. The molecule has 0 bridgehead atoms. The predicted molar refractivity (Wildman–Crippen MR) is 86.3 cm³/mol. The van der Waals surface area contributed by atoms with Crippen LogP contribution < -0.4 is 0 Å². The van der Waals surface area contributed by atoms with Crippen LogP contribution in [-0.2, 0) is 4.79 Å². The molecule has 3 nitrogen and oxygen atoms in total. The zero-order valence-corrected chi connectivity index (χ0v) is 13.2. The van der Waals surface area contributed by atoms with E-state index >= 15 is 0 Å². The Labute approximate surface area is 130 Å². The Balaban J connectivity index is 2.34. The maximum absolute atomic E-state index is 14.9. The first-order chi connectivity index (χ1) is 10.4. The smallest absolute Gasteiger partial charge is 0.263 e. The van der Waals surface area contributed by atoms with E-state index in [1.54, 1.807) is 26.0 Å². The van der Waals surface area contributed by atoms with Crippen LogP contribution in [-0.4, -0.2) is 34.7 Å². The summed E-state index contributed by atoms with van der Waals surface area (Å²) in [5, 5.41) is 12.3. The van der Waals surface area contributed by atoms with Gasteiger partial charge in [-0.1, -0.05) is 36.4 Å². The molecule has 0 aliphatic rings. The highest BCUT2D eigenvalue weighted by Crippen LogP contribution is 2.32. The number of fused-ring (bicyclic) bond motifs is 1. The van der Waals surface area contributed by atoms with Crippen LogP contribution in [0.4, 0.5) is 4.39 Å². The lowest BCUT2D eigenvalue weighted by atomic mass is 9.91. The van der Waals surface area contributed by atoms with E-state index in [2.05, 4.69) is 0 Å². The molecule has 2 atom stereocenters. The number of hydrogen-bond donors (Lipinski definition) is 1. The lowest BCUT2D eigenvalue weighted by Gasteiger charge is -2.31. The van der Waals surface area contributed by atoms with Crippen molar-refractivity contribution in [1.82, 2.24) is 4.90 Å². The molecule has 1 amide bonds. The third kappa shape index (κ3) is 2.97. The molecule has 22 heavy (non-hydrogen) atoms. The summed E-state index contributed by atoms with van der Waals surface area (Å²) in [4.78, 5) is 13.7. The molecule has 0 spiro atoms. The first kappa shape index (κ1) is 16.4. The molecule has 0 aliphatic carbocycles. The van der Waals surface area contributed by atoms with Crippen molar-refractivity contribution >= 4 is 16.7 Å². The third-order valence-corrected chi connectivity index (χ3v) is 4.07. The number of alkyl halides is 1. The number of carbonyl (C=O) groups is 1. The normalized spacial score (nSPS) is 15.3. The zero-order chi connectivity index (χ0) is 16.3. The highest BCUT2D eigenvalue weighted by Gasteiger charge is 2.43. The molecule has 2 rings (SSSR count). The van der Waals surface area contributed by atoms with E-state index < -0.39 is 17.7 Å². The summed E-state index contributed by atoms with van der Waals surface area (Å²) in [5.41, 5.74) is -1.95. The van der Waals surface area contributed by atoms with Crippen LogP contribution in [0.2, 0.25) is 0 Å². The molecule has 2 aromatic rings. The van der Waals surface area contributed by atoms with Crippen molar-refractivity contribution in [2.24, 2.45) is 0 Å². The van der Waals surface area contributed by atoms with Crippen molar-refractivity contribution < 1.29 is 14.3 Å². The van der Waals surface area contributed by atoms with Crippen LogP contribution >= 0.6 is 0 Å². The highest BCUT2D eigenvalue weighted by molar-refractivity contribution is 5.87. The fourth-order valence-corrected chi connectivity index (χ4v) is 2.63. The average molecular weight is 303 g/mol. The quantitative estimate of drug-likeness (QED) is 0.919. The van der Waals surface area contributed by atoms with Crippen LogP contribution in [0, 0.1) is 0 Å². The minimum atomic E-state index is -2.35. The molecule has 0 unspecified atom stereocenters. The van der Waals surface area contributed by atoms with Gasteiger partial charge in [-0.15, -0.1) is 0 Å². The zero-order valence-electron chi connectivity index (χ0n) is 13.2. The van der Waals surface area contributed by atoms with E-state index in [4.69, 9.17) is 0 Å². The highest BCUT2D eigenvalue weighted by atomic mass is 19.1. The van der Waals surface area contributed by atoms with Gasteiger partial charge < -0.3 is 10.0 Å². The molecule has 1 N–H and O–H groups in total. The van der Waals surface area contributed by atoms with Gasteiger partial charge in [0.05, 0.1) is 0 Å². The Hall–Kier alpha value is -1.94. The summed E-state index contributed by atoms with van der Waals surface area (Å²) >= 11 is 0. The molecule has 0 aromatic heterocycles. The van der Waals surface area contributed by atoms with Gasteiger partial charge >= 0.3 is 0 Å². The lowest BCUT2D eigenvalue weighted by Crippen LogP contribution is -2.47. The summed E-state index contributed by atoms with van der Waals surface area (Å²) in [6, 6.07) is 12.9. The largest absolute Gasteiger partial charge is 0.384 e. The Morgan fingerprint density at radius 3 is 2.36 bits per heavy atom. The number of hydrogen-bond acceptors (Lipinski definition) is 2. The second kappa shape index (κ2) is 6.44. The van der Waals surface area contributed by atoms with Crippen molar-refractivity contribution in [3.05, 3.63) is 48.0 Å². The maximum atomic E-state index is 14.9. The van der Waals surface area contributed by atoms with Crippen LogP contribution in [0.3, 0.4) is 0 Å². The Bertz CT molecular complexity index is 665. The van der Waals surface area contributed by atoms with Gasteiger partial charge in [0.15, 0.2) is 0 Å². The number of rotatable bonds is 5. The number of halogens is 1. The second-order valence-electron chi connectivity index (χ2n) is 5.56. The minimum Gasteiger partial charge on any atom is -0.384 e. The SMILES string of the molecule is CCN(CC)C(=O)[C@@](C)(F)[C@@H](O)c1ccc2ccccc2c1. The van der Waals surface area contributed by atoms with Crippen LogP contribution in [0.1, 0.15) is 32.4 Å². The molecule has 0 saturated heterocycles. The first-order valence-corrected chi connectivity index (χ1v) is 7.56. The van der Waals surface area contributed by atoms with E-state index in [-0.39, 0.29) is 0 Å². The van der Waals surface area contributed by atoms with Crippen molar-refractivity contribution in [3.63, 3.8) is 0 Å². The molecule has 118 valence electrons. The Kier molecular flexibility index (Phi) is 4.81. The van der Waals surface area contributed by atoms with Crippen molar-refractivity contribution in [1.29, 1.82) is 0 Å². The molecule has 0 radical (unpaired) electrons. The molecule has 4 heteroatoms. The summed E-state index contributed by atoms with van der Waals surface area (Å²) in [5.74, 6) is -0.682.